The largest absolute Gasteiger partial charge is 0.441 e. The van der Waals surface area contributed by atoms with Crippen molar-refractivity contribution in [2.75, 3.05) is 52.6 Å². The Kier molecular flexibility index (Phi) is 38.2. The lowest BCUT2D eigenvalue weighted by Gasteiger charge is -2.20. The van der Waals surface area contributed by atoms with Crippen LogP contribution in [0.1, 0.15) is 206 Å². The van der Waals surface area contributed by atoms with Gasteiger partial charge in [0.1, 0.15) is 0 Å². The maximum atomic E-state index is 12.5. The van der Waals surface area contributed by atoms with Crippen molar-refractivity contribution in [2.45, 2.75) is 213 Å². The fourth-order valence-electron chi connectivity index (χ4n) is 6.96. The van der Waals surface area contributed by atoms with Gasteiger partial charge in [0, 0.05) is 26.3 Å². The number of carbonyl (C=O) groups is 1. The third-order valence-electron chi connectivity index (χ3n) is 10.4. The van der Waals surface area contributed by atoms with Crippen LogP contribution in [0.2, 0.25) is 0 Å². The number of hydrogen-bond acceptors (Lipinski definition) is 5. The summed E-state index contributed by atoms with van der Waals surface area (Å²) in [5.41, 5.74) is 0. The number of rotatable bonds is 40. The van der Waals surface area contributed by atoms with Crippen LogP contribution in [0, 0.1) is 0 Å². The molecule has 1 aliphatic heterocycles. The van der Waals surface area contributed by atoms with Crippen LogP contribution in [-0.2, 0) is 14.2 Å². The molecule has 1 fully saturated rings. The van der Waals surface area contributed by atoms with Crippen molar-refractivity contribution in [1.82, 2.24) is 10.2 Å². The van der Waals surface area contributed by atoms with E-state index in [1.165, 1.54) is 180 Å². The van der Waals surface area contributed by atoms with Crippen LogP contribution < -0.4 is 5.32 Å². The molecule has 0 aromatic heterocycles. The lowest BCUT2D eigenvalue weighted by molar-refractivity contribution is -0.0292. The second-order valence-corrected chi connectivity index (χ2v) is 15.5. The lowest BCUT2D eigenvalue weighted by atomic mass is 10.1. The molecule has 0 radical (unpaired) electrons. The molecule has 0 atom stereocenters. The summed E-state index contributed by atoms with van der Waals surface area (Å²) in [6, 6.07) is 0. The molecule has 0 saturated carbocycles. The second-order valence-electron chi connectivity index (χ2n) is 15.5. The van der Waals surface area contributed by atoms with Crippen LogP contribution in [0.25, 0.3) is 0 Å². The molecule has 0 unspecified atom stereocenters. The minimum Gasteiger partial charge on any atom is -0.441 e. The first-order valence-electron chi connectivity index (χ1n) is 22.9. The molecule has 6 heteroatoms. The first kappa shape index (κ1) is 48.6. The van der Waals surface area contributed by atoms with Crippen LogP contribution in [0.3, 0.4) is 0 Å². The van der Waals surface area contributed by atoms with Gasteiger partial charge in [0.05, 0.1) is 13.2 Å². The predicted octanol–water partition coefficient (Wildman–Crippen LogP) is 13.3. The van der Waals surface area contributed by atoms with E-state index < -0.39 is 0 Å². The topological polar surface area (TPSA) is 60.0 Å². The number of hydrogen-bond donors (Lipinski definition) is 1. The molecule has 1 N–H and O–H groups in total. The van der Waals surface area contributed by atoms with Crippen LogP contribution in [0.15, 0.2) is 24.3 Å². The summed E-state index contributed by atoms with van der Waals surface area (Å²) in [6.45, 7) is 10.6. The molecule has 306 valence electrons. The highest BCUT2D eigenvalue weighted by Gasteiger charge is 2.16. The lowest BCUT2D eigenvalue weighted by Crippen LogP contribution is -2.38. The van der Waals surface area contributed by atoms with Crippen molar-refractivity contribution < 1.29 is 19.0 Å². The second kappa shape index (κ2) is 40.8. The van der Waals surface area contributed by atoms with Crippen molar-refractivity contribution in [3.05, 3.63) is 24.3 Å². The minimum absolute atomic E-state index is 0.356. The normalized spacial score (nSPS) is 13.8. The summed E-state index contributed by atoms with van der Waals surface area (Å²) in [5.74, 6) is 0. The van der Waals surface area contributed by atoms with Crippen molar-refractivity contribution >= 4 is 6.09 Å². The van der Waals surface area contributed by atoms with Gasteiger partial charge in [0.15, 0.2) is 6.10 Å². The third-order valence-corrected chi connectivity index (χ3v) is 10.4. The number of likely N-dealkylation sites (tertiary alicyclic amines) is 1. The zero-order valence-electron chi connectivity index (χ0n) is 34.8. The van der Waals surface area contributed by atoms with E-state index in [1.807, 2.05) is 0 Å². The third kappa shape index (κ3) is 35.6. The Morgan fingerprint density at radius 2 is 0.904 bits per heavy atom. The fourth-order valence-corrected chi connectivity index (χ4v) is 6.96. The number of unbranched alkanes of at least 4 members (excludes halogenated alkanes) is 24. The number of nitrogens with one attached hydrogen (secondary N) is 1. The summed E-state index contributed by atoms with van der Waals surface area (Å²) >= 11 is 0. The number of carbonyl (C=O) groups excluding carboxylic acids is 1. The zero-order valence-corrected chi connectivity index (χ0v) is 34.8. The van der Waals surface area contributed by atoms with E-state index >= 15 is 0 Å². The van der Waals surface area contributed by atoms with Gasteiger partial charge < -0.3 is 24.4 Å². The van der Waals surface area contributed by atoms with Crippen LogP contribution in [0.4, 0.5) is 4.79 Å². The molecule has 1 saturated heterocycles. The molecule has 6 nitrogen and oxygen atoms in total. The van der Waals surface area contributed by atoms with Crippen LogP contribution in [-0.4, -0.2) is 69.7 Å². The molecular weight excluding hydrogens is 645 g/mol. The fraction of sp³-hybridized carbons (Fsp3) is 0.891. The Balaban J connectivity index is 2.08. The molecule has 0 spiro atoms. The van der Waals surface area contributed by atoms with E-state index in [9.17, 15) is 4.79 Å². The van der Waals surface area contributed by atoms with E-state index in [0.717, 1.165) is 32.5 Å². The van der Waals surface area contributed by atoms with Crippen molar-refractivity contribution in [1.29, 1.82) is 0 Å². The van der Waals surface area contributed by atoms with Crippen LogP contribution in [0.5, 0.6) is 0 Å². The molecule has 0 aliphatic carbocycles. The molecule has 1 heterocycles. The van der Waals surface area contributed by atoms with E-state index in [-0.39, 0.29) is 12.2 Å². The van der Waals surface area contributed by atoms with E-state index in [0.29, 0.717) is 33.0 Å². The predicted molar refractivity (Wildman–Crippen MR) is 224 cm³/mol. The average Bonchev–Trinajstić information content (AvgIpc) is 3.67. The number of nitrogens with zero attached hydrogens (tertiary/aromatic N) is 1. The van der Waals surface area contributed by atoms with E-state index in [2.05, 4.69) is 48.4 Å². The Morgan fingerprint density at radius 1 is 0.538 bits per heavy atom. The van der Waals surface area contributed by atoms with Gasteiger partial charge in [-0.25, -0.2) is 4.79 Å². The van der Waals surface area contributed by atoms with E-state index in [4.69, 9.17) is 14.2 Å². The number of allylic oxidation sites excluding steroid dienone is 4. The quantitative estimate of drug-likeness (QED) is 0.0502. The molecule has 1 aliphatic rings. The Bertz CT molecular complexity index is 736. The smallest absolute Gasteiger partial charge is 0.407 e. The Hall–Kier alpha value is -1.37. The van der Waals surface area contributed by atoms with Crippen molar-refractivity contribution in [2.24, 2.45) is 0 Å². The highest BCUT2D eigenvalue weighted by Crippen LogP contribution is 2.12. The Morgan fingerprint density at radius 3 is 1.31 bits per heavy atom. The standard InChI is InChI=1S/C46H88N2O4/c1-3-5-7-9-11-13-15-17-19-21-23-25-27-29-31-35-41-50-43-45(52-46(49)47-37-40-48-38-33-34-39-48)44-51-42-36-32-30-28-26-24-22-20-18-16-14-12-10-8-6-4-2/h17-20,45H,3-16,21-44H2,1-2H3,(H,47,49)/b19-17-,20-18-. The van der Waals surface area contributed by atoms with Crippen molar-refractivity contribution in [3.8, 4) is 0 Å². The first-order chi connectivity index (χ1) is 25.8. The summed E-state index contributed by atoms with van der Waals surface area (Å²) in [6.07, 6.45) is 47.8. The van der Waals surface area contributed by atoms with Gasteiger partial charge in [-0.3, -0.25) is 0 Å². The maximum Gasteiger partial charge on any atom is 0.407 e. The zero-order chi connectivity index (χ0) is 37.3. The minimum atomic E-state index is -0.366. The summed E-state index contributed by atoms with van der Waals surface area (Å²) in [5, 5.41) is 2.94. The molecule has 1 rings (SSSR count). The maximum absolute atomic E-state index is 12.5. The van der Waals surface area contributed by atoms with Gasteiger partial charge in [0.2, 0.25) is 0 Å². The average molecular weight is 733 g/mol. The number of ether oxygens (including phenoxy) is 3. The highest BCUT2D eigenvalue weighted by molar-refractivity contribution is 5.67. The van der Waals surface area contributed by atoms with Crippen molar-refractivity contribution in [3.63, 3.8) is 0 Å². The van der Waals surface area contributed by atoms with Crippen LogP contribution >= 0.6 is 0 Å². The first-order valence-corrected chi connectivity index (χ1v) is 22.9. The van der Waals surface area contributed by atoms with Gasteiger partial charge in [-0.2, -0.15) is 0 Å². The Labute approximate surface area is 324 Å². The number of amides is 1. The molecule has 1 amide bonds. The summed E-state index contributed by atoms with van der Waals surface area (Å²) in [7, 11) is 0. The van der Waals surface area contributed by atoms with Gasteiger partial charge in [0.25, 0.3) is 0 Å². The summed E-state index contributed by atoms with van der Waals surface area (Å²) < 4.78 is 17.7. The highest BCUT2D eigenvalue weighted by atomic mass is 16.6. The molecular formula is C46H88N2O4. The molecule has 0 aromatic rings. The SMILES string of the molecule is CCCCCCCC/C=C\CCCCCCCCOCC(COCCCCCCCC/C=C\CCCCCCCC)OC(=O)NCCN1CCCC1. The van der Waals surface area contributed by atoms with Gasteiger partial charge in [-0.15, -0.1) is 0 Å². The molecule has 0 bridgehead atoms. The number of alkyl carbamates (subject to hydrolysis) is 1. The van der Waals surface area contributed by atoms with E-state index in [1.54, 1.807) is 0 Å². The summed E-state index contributed by atoms with van der Waals surface area (Å²) in [4.78, 5) is 14.9. The molecule has 0 aromatic carbocycles. The monoisotopic (exact) mass is 733 g/mol. The molecule has 52 heavy (non-hydrogen) atoms. The van der Waals surface area contributed by atoms with Gasteiger partial charge in [-0.05, 0) is 90.1 Å². The van der Waals surface area contributed by atoms with Gasteiger partial charge >= 0.3 is 6.09 Å². The van der Waals surface area contributed by atoms with Gasteiger partial charge in [-0.1, -0.05) is 154 Å².